The number of aryl methyl sites for hydroxylation is 1. The Bertz CT molecular complexity index is 724. The summed E-state index contributed by atoms with van der Waals surface area (Å²) < 4.78 is 5.01. The number of hydrogen-bond acceptors (Lipinski definition) is 7. The number of carbonyl (C=O) groups is 1. The lowest BCUT2D eigenvalue weighted by atomic mass is 10.2. The summed E-state index contributed by atoms with van der Waals surface area (Å²) in [5, 5.41) is 3.09. The van der Waals surface area contributed by atoms with Gasteiger partial charge in [-0.2, -0.15) is 0 Å². The second-order valence-corrected chi connectivity index (χ2v) is 5.94. The predicted octanol–water partition coefficient (Wildman–Crippen LogP) is 2.02. The smallest absolute Gasteiger partial charge is 0.228 e. The number of carbonyl (C=O) groups excluding carboxylic acids is 1. The van der Waals surface area contributed by atoms with Crippen molar-refractivity contribution in [1.29, 1.82) is 0 Å². The number of methoxy groups -OCH3 is 1. The molecule has 8 nitrogen and oxygen atoms in total. The zero-order valence-corrected chi connectivity index (χ0v) is 14.5. The highest BCUT2D eigenvalue weighted by atomic mass is 16.5. The molecule has 0 unspecified atom stereocenters. The van der Waals surface area contributed by atoms with E-state index in [0.29, 0.717) is 30.6 Å². The molecule has 3 rings (SSSR count). The quantitative estimate of drug-likeness (QED) is 0.858. The minimum absolute atomic E-state index is 0.0790. The van der Waals surface area contributed by atoms with Crippen LogP contribution < -0.4 is 5.32 Å². The average molecular weight is 342 g/mol. The number of anilines is 2. The van der Waals surface area contributed by atoms with E-state index in [4.69, 9.17) is 4.74 Å². The van der Waals surface area contributed by atoms with Gasteiger partial charge >= 0.3 is 0 Å². The number of rotatable bonds is 6. The summed E-state index contributed by atoms with van der Waals surface area (Å²) in [5.41, 5.74) is 0.833. The molecule has 0 saturated carbocycles. The van der Waals surface area contributed by atoms with E-state index in [-0.39, 0.29) is 11.9 Å². The molecule has 1 fully saturated rings. The first-order valence-corrected chi connectivity index (χ1v) is 8.35. The number of nitrogens with one attached hydrogen (secondary N) is 1. The van der Waals surface area contributed by atoms with Crippen molar-refractivity contribution in [3.05, 3.63) is 36.0 Å². The summed E-state index contributed by atoms with van der Waals surface area (Å²) in [4.78, 5) is 31.7. The van der Waals surface area contributed by atoms with Crippen molar-refractivity contribution < 1.29 is 9.53 Å². The molecular formula is C17H22N6O2. The van der Waals surface area contributed by atoms with Crippen LogP contribution in [-0.4, -0.2) is 51.0 Å². The number of likely N-dealkylation sites (tertiary alicyclic amines) is 1. The number of ether oxygens (including phenoxy) is 1. The molecule has 1 amide bonds. The standard InChI is InChI=1S/C17H22N6O2/c1-12-11-14(22-17-18-7-4-8-19-17)21-16(20-12)13-5-3-9-23(13)15(24)6-10-25-2/h4,7-8,11,13H,3,5-6,9-10H2,1-2H3,(H,18,19,20,21,22)/t13-/m0/s1. The maximum absolute atomic E-state index is 12.4. The Labute approximate surface area is 146 Å². The summed E-state index contributed by atoms with van der Waals surface area (Å²) in [6.07, 6.45) is 5.52. The summed E-state index contributed by atoms with van der Waals surface area (Å²) in [5.74, 6) is 1.84. The van der Waals surface area contributed by atoms with E-state index in [1.807, 2.05) is 17.9 Å². The van der Waals surface area contributed by atoms with Crippen LogP contribution in [0.1, 0.15) is 36.8 Å². The molecular weight excluding hydrogens is 320 g/mol. The maximum atomic E-state index is 12.4. The molecule has 0 spiro atoms. The number of hydrogen-bond donors (Lipinski definition) is 1. The van der Waals surface area contributed by atoms with E-state index in [1.54, 1.807) is 25.6 Å². The second-order valence-electron chi connectivity index (χ2n) is 5.94. The van der Waals surface area contributed by atoms with Crippen molar-refractivity contribution in [1.82, 2.24) is 24.8 Å². The Kier molecular flexibility index (Phi) is 5.49. The average Bonchev–Trinajstić information content (AvgIpc) is 3.10. The zero-order chi connectivity index (χ0) is 17.6. The number of aromatic nitrogens is 4. The minimum atomic E-state index is -0.0958. The fraction of sp³-hybridized carbons (Fsp3) is 0.471. The number of nitrogens with zero attached hydrogens (tertiary/aromatic N) is 5. The minimum Gasteiger partial charge on any atom is -0.384 e. The molecule has 8 heteroatoms. The zero-order valence-electron chi connectivity index (χ0n) is 14.5. The third kappa shape index (κ3) is 4.27. The fourth-order valence-electron chi connectivity index (χ4n) is 2.95. The highest BCUT2D eigenvalue weighted by molar-refractivity contribution is 5.77. The predicted molar refractivity (Wildman–Crippen MR) is 92.3 cm³/mol. The van der Waals surface area contributed by atoms with Gasteiger partial charge in [0.1, 0.15) is 5.82 Å². The molecule has 2 aromatic rings. The number of amides is 1. The summed E-state index contributed by atoms with van der Waals surface area (Å²) in [7, 11) is 1.60. The van der Waals surface area contributed by atoms with Crippen molar-refractivity contribution in [3.63, 3.8) is 0 Å². The molecule has 25 heavy (non-hydrogen) atoms. The van der Waals surface area contributed by atoms with Crippen molar-refractivity contribution in [3.8, 4) is 0 Å². The van der Waals surface area contributed by atoms with E-state index >= 15 is 0 Å². The van der Waals surface area contributed by atoms with Gasteiger partial charge in [0, 0.05) is 37.8 Å². The van der Waals surface area contributed by atoms with Crippen LogP contribution >= 0.6 is 0 Å². The van der Waals surface area contributed by atoms with E-state index < -0.39 is 0 Å². The first-order valence-electron chi connectivity index (χ1n) is 8.35. The lowest BCUT2D eigenvalue weighted by molar-refractivity contribution is -0.133. The first-order chi connectivity index (χ1) is 12.2. The molecule has 1 atom stereocenters. The van der Waals surface area contributed by atoms with Gasteiger partial charge < -0.3 is 15.0 Å². The molecule has 0 aliphatic carbocycles. The molecule has 3 heterocycles. The van der Waals surface area contributed by atoms with Crippen LogP contribution in [0.25, 0.3) is 0 Å². The maximum Gasteiger partial charge on any atom is 0.228 e. The van der Waals surface area contributed by atoms with Gasteiger partial charge in [0.05, 0.1) is 19.1 Å². The van der Waals surface area contributed by atoms with Crippen LogP contribution in [0.4, 0.5) is 11.8 Å². The Balaban J connectivity index is 1.80. The molecule has 0 aromatic carbocycles. The van der Waals surface area contributed by atoms with Crippen LogP contribution in [0, 0.1) is 6.92 Å². The topological polar surface area (TPSA) is 93.1 Å². The third-order valence-electron chi connectivity index (χ3n) is 4.07. The van der Waals surface area contributed by atoms with Gasteiger partial charge in [-0.1, -0.05) is 0 Å². The molecule has 2 aromatic heterocycles. The summed E-state index contributed by atoms with van der Waals surface area (Å²) in [6.45, 7) is 3.07. The largest absolute Gasteiger partial charge is 0.384 e. The Morgan fingerprint density at radius 3 is 2.92 bits per heavy atom. The molecule has 1 aliphatic heterocycles. The highest BCUT2D eigenvalue weighted by Crippen LogP contribution is 2.31. The molecule has 1 aliphatic rings. The molecule has 1 N–H and O–H groups in total. The van der Waals surface area contributed by atoms with Crippen molar-refractivity contribution >= 4 is 17.7 Å². The van der Waals surface area contributed by atoms with Crippen molar-refractivity contribution in [2.24, 2.45) is 0 Å². The van der Waals surface area contributed by atoms with Gasteiger partial charge in [-0.25, -0.2) is 19.9 Å². The monoisotopic (exact) mass is 342 g/mol. The Morgan fingerprint density at radius 2 is 2.16 bits per heavy atom. The van der Waals surface area contributed by atoms with E-state index in [1.165, 1.54) is 0 Å². The van der Waals surface area contributed by atoms with Crippen LogP contribution in [-0.2, 0) is 9.53 Å². The van der Waals surface area contributed by atoms with E-state index in [0.717, 1.165) is 25.1 Å². The SMILES string of the molecule is COCCC(=O)N1CCC[C@H]1c1nc(C)cc(Nc2ncccn2)n1. The molecule has 0 radical (unpaired) electrons. The lowest BCUT2D eigenvalue weighted by Gasteiger charge is -2.24. The molecule has 132 valence electrons. The fourth-order valence-corrected chi connectivity index (χ4v) is 2.95. The van der Waals surface area contributed by atoms with Gasteiger partial charge in [-0.15, -0.1) is 0 Å². The van der Waals surface area contributed by atoms with E-state index in [9.17, 15) is 4.79 Å². The van der Waals surface area contributed by atoms with Crippen LogP contribution in [0.2, 0.25) is 0 Å². The van der Waals surface area contributed by atoms with Crippen LogP contribution in [0.3, 0.4) is 0 Å². The first kappa shape index (κ1) is 17.2. The highest BCUT2D eigenvalue weighted by Gasteiger charge is 2.32. The third-order valence-corrected chi connectivity index (χ3v) is 4.07. The van der Waals surface area contributed by atoms with Gasteiger partial charge in [-0.05, 0) is 25.8 Å². The Morgan fingerprint density at radius 1 is 1.36 bits per heavy atom. The Hall–Kier alpha value is -2.61. The van der Waals surface area contributed by atoms with Crippen LogP contribution in [0.5, 0.6) is 0 Å². The normalized spacial score (nSPS) is 16.9. The van der Waals surface area contributed by atoms with Crippen molar-refractivity contribution in [2.45, 2.75) is 32.2 Å². The van der Waals surface area contributed by atoms with Gasteiger partial charge in [0.15, 0.2) is 5.82 Å². The van der Waals surface area contributed by atoms with E-state index in [2.05, 4.69) is 25.3 Å². The van der Waals surface area contributed by atoms with Crippen LogP contribution in [0.15, 0.2) is 24.5 Å². The summed E-state index contributed by atoms with van der Waals surface area (Å²) >= 11 is 0. The van der Waals surface area contributed by atoms with Crippen molar-refractivity contribution in [2.75, 3.05) is 25.6 Å². The van der Waals surface area contributed by atoms with Gasteiger partial charge in [0.25, 0.3) is 0 Å². The lowest BCUT2D eigenvalue weighted by Crippen LogP contribution is -2.32. The molecule has 1 saturated heterocycles. The summed E-state index contributed by atoms with van der Waals surface area (Å²) in [6, 6.07) is 3.50. The molecule has 0 bridgehead atoms. The second kappa shape index (κ2) is 7.98. The van der Waals surface area contributed by atoms with Gasteiger partial charge in [-0.3, -0.25) is 4.79 Å². The van der Waals surface area contributed by atoms with Gasteiger partial charge in [0.2, 0.25) is 11.9 Å².